The lowest BCUT2D eigenvalue weighted by Gasteiger charge is -2.08. The van der Waals surface area contributed by atoms with Gasteiger partial charge in [-0.15, -0.1) is 5.10 Å². The van der Waals surface area contributed by atoms with Crippen LogP contribution >= 0.6 is 11.8 Å². The minimum absolute atomic E-state index is 0.445. The van der Waals surface area contributed by atoms with Gasteiger partial charge in [-0.3, -0.25) is 0 Å². The van der Waals surface area contributed by atoms with Gasteiger partial charge >= 0.3 is 0 Å². The Bertz CT molecular complexity index is 941. The highest BCUT2D eigenvalue weighted by Crippen LogP contribution is 2.18. The van der Waals surface area contributed by atoms with E-state index in [1.54, 1.807) is 6.21 Å². The van der Waals surface area contributed by atoms with Crippen LogP contribution in [0.2, 0.25) is 0 Å². The first-order chi connectivity index (χ1) is 13.7. The van der Waals surface area contributed by atoms with Crippen molar-refractivity contribution in [1.82, 2.24) is 0 Å². The fourth-order valence-corrected chi connectivity index (χ4v) is 3.14. The molecule has 0 aromatic heterocycles. The predicted octanol–water partition coefficient (Wildman–Crippen LogP) is 5.16. The van der Waals surface area contributed by atoms with Crippen molar-refractivity contribution in [3.8, 4) is 5.75 Å². The molecule has 142 valence electrons. The summed E-state index contributed by atoms with van der Waals surface area (Å²) in [6.45, 7) is 2.57. The average Bonchev–Trinajstić information content (AvgIpc) is 2.73. The number of thioether (sulfide) groups is 1. The zero-order valence-corrected chi connectivity index (χ0v) is 16.6. The molecule has 0 unspecified atom stereocenters. The van der Waals surface area contributed by atoms with E-state index in [4.69, 9.17) is 10.5 Å². The Morgan fingerprint density at radius 2 is 1.64 bits per heavy atom. The SMILES string of the molecule is Cc1cc(OCc2ccccc2)ccc1C=NN=C(N)SCc1ccccc1. The lowest BCUT2D eigenvalue weighted by atomic mass is 10.1. The number of hydrogen-bond donors (Lipinski definition) is 1. The highest BCUT2D eigenvalue weighted by molar-refractivity contribution is 8.13. The molecule has 0 radical (unpaired) electrons. The van der Waals surface area contributed by atoms with Crippen molar-refractivity contribution in [1.29, 1.82) is 0 Å². The maximum absolute atomic E-state index is 5.92. The zero-order chi connectivity index (χ0) is 19.6. The summed E-state index contributed by atoms with van der Waals surface area (Å²) in [4.78, 5) is 0. The normalized spacial score (nSPS) is 11.7. The van der Waals surface area contributed by atoms with Crippen molar-refractivity contribution in [2.24, 2.45) is 15.9 Å². The highest BCUT2D eigenvalue weighted by atomic mass is 32.2. The van der Waals surface area contributed by atoms with E-state index in [1.165, 1.54) is 17.3 Å². The molecule has 28 heavy (non-hydrogen) atoms. The number of rotatable bonds is 7. The van der Waals surface area contributed by atoms with Crippen LogP contribution < -0.4 is 10.5 Å². The summed E-state index contributed by atoms with van der Waals surface area (Å²) in [7, 11) is 0. The van der Waals surface area contributed by atoms with Crippen LogP contribution in [0.15, 0.2) is 89.1 Å². The first-order valence-corrected chi connectivity index (χ1v) is 10.00. The molecular weight excluding hydrogens is 366 g/mol. The molecule has 0 aliphatic heterocycles. The Labute approximate surface area is 170 Å². The van der Waals surface area contributed by atoms with Crippen molar-refractivity contribution < 1.29 is 4.74 Å². The van der Waals surface area contributed by atoms with Crippen LogP contribution in [0.4, 0.5) is 0 Å². The van der Waals surface area contributed by atoms with Crippen LogP contribution in [-0.2, 0) is 12.4 Å². The van der Waals surface area contributed by atoms with Gasteiger partial charge in [-0.25, -0.2) is 0 Å². The largest absolute Gasteiger partial charge is 0.489 e. The predicted molar refractivity (Wildman–Crippen MR) is 119 cm³/mol. The van der Waals surface area contributed by atoms with Crippen molar-refractivity contribution in [2.75, 3.05) is 0 Å². The minimum Gasteiger partial charge on any atom is -0.489 e. The minimum atomic E-state index is 0.445. The molecule has 3 aromatic rings. The van der Waals surface area contributed by atoms with Gasteiger partial charge < -0.3 is 10.5 Å². The van der Waals surface area contributed by atoms with Gasteiger partial charge in [-0.1, -0.05) is 72.4 Å². The molecule has 0 atom stereocenters. The van der Waals surface area contributed by atoms with E-state index in [-0.39, 0.29) is 0 Å². The van der Waals surface area contributed by atoms with E-state index in [9.17, 15) is 0 Å². The topological polar surface area (TPSA) is 60.0 Å². The summed E-state index contributed by atoms with van der Waals surface area (Å²) in [5.41, 5.74) is 10.3. The number of nitrogens with zero attached hydrogens (tertiary/aromatic N) is 2. The van der Waals surface area contributed by atoms with Gasteiger partial charge in [-0.05, 0) is 47.4 Å². The van der Waals surface area contributed by atoms with Gasteiger partial charge in [0.1, 0.15) is 12.4 Å². The van der Waals surface area contributed by atoms with Gasteiger partial charge in [0.15, 0.2) is 5.17 Å². The Morgan fingerprint density at radius 1 is 0.964 bits per heavy atom. The van der Waals surface area contributed by atoms with Crippen molar-refractivity contribution in [3.63, 3.8) is 0 Å². The van der Waals surface area contributed by atoms with Crippen LogP contribution in [0, 0.1) is 6.92 Å². The number of amidine groups is 1. The third-order valence-electron chi connectivity index (χ3n) is 4.07. The monoisotopic (exact) mass is 389 g/mol. The summed E-state index contributed by atoms with van der Waals surface area (Å²) in [6, 6.07) is 26.2. The Morgan fingerprint density at radius 3 is 2.32 bits per heavy atom. The summed E-state index contributed by atoms with van der Waals surface area (Å²) in [5.74, 6) is 1.61. The molecule has 0 fully saturated rings. The number of nitrogens with two attached hydrogens (primary N) is 1. The van der Waals surface area contributed by atoms with E-state index in [0.29, 0.717) is 11.8 Å². The number of hydrogen-bond acceptors (Lipinski definition) is 4. The molecule has 0 heterocycles. The molecule has 2 N–H and O–H groups in total. The molecule has 4 nitrogen and oxygen atoms in total. The quantitative estimate of drug-likeness (QED) is 0.345. The highest BCUT2D eigenvalue weighted by Gasteiger charge is 2.01. The Balaban J connectivity index is 1.53. The first-order valence-electron chi connectivity index (χ1n) is 9.01. The molecule has 0 saturated heterocycles. The second-order valence-electron chi connectivity index (χ2n) is 6.25. The van der Waals surface area contributed by atoms with Crippen LogP contribution in [0.5, 0.6) is 5.75 Å². The van der Waals surface area contributed by atoms with E-state index < -0.39 is 0 Å². The smallest absolute Gasteiger partial charge is 0.180 e. The van der Waals surface area contributed by atoms with E-state index >= 15 is 0 Å². The lowest BCUT2D eigenvalue weighted by Crippen LogP contribution is -2.06. The molecule has 0 saturated carbocycles. The number of aryl methyl sites for hydroxylation is 1. The maximum atomic E-state index is 5.92. The molecule has 0 spiro atoms. The van der Waals surface area contributed by atoms with Crippen LogP contribution in [0.1, 0.15) is 22.3 Å². The van der Waals surface area contributed by atoms with Crippen LogP contribution in [0.3, 0.4) is 0 Å². The zero-order valence-electron chi connectivity index (χ0n) is 15.8. The third kappa shape index (κ3) is 6.28. The van der Waals surface area contributed by atoms with Gasteiger partial charge in [0.2, 0.25) is 0 Å². The Hall–Kier alpha value is -3.05. The second-order valence-corrected chi connectivity index (χ2v) is 7.25. The first kappa shape index (κ1) is 19.7. The van der Waals surface area contributed by atoms with E-state index in [0.717, 1.165) is 28.2 Å². The fraction of sp³-hybridized carbons (Fsp3) is 0.130. The molecule has 0 aliphatic rings. The second kappa shape index (κ2) is 10.3. The van der Waals surface area contributed by atoms with Gasteiger partial charge in [0.25, 0.3) is 0 Å². The van der Waals surface area contributed by atoms with Gasteiger partial charge in [-0.2, -0.15) is 5.10 Å². The standard InChI is InChI=1S/C23H23N3OS/c1-18-14-22(27-16-19-8-4-2-5-9-19)13-12-21(18)15-25-26-23(24)28-17-20-10-6-3-7-11-20/h2-15H,16-17H2,1H3,(H2,24,26). The maximum Gasteiger partial charge on any atom is 0.180 e. The summed E-state index contributed by atoms with van der Waals surface area (Å²) in [5, 5.41) is 8.63. The molecule has 3 aromatic carbocycles. The third-order valence-corrected chi connectivity index (χ3v) is 4.93. The van der Waals surface area contributed by atoms with E-state index in [2.05, 4.69) is 22.3 Å². The van der Waals surface area contributed by atoms with Crippen molar-refractivity contribution >= 4 is 23.1 Å². The summed E-state index contributed by atoms with van der Waals surface area (Å²) in [6.07, 6.45) is 1.71. The van der Waals surface area contributed by atoms with Gasteiger partial charge in [0, 0.05) is 5.75 Å². The summed E-state index contributed by atoms with van der Waals surface area (Å²) < 4.78 is 5.85. The lowest BCUT2D eigenvalue weighted by molar-refractivity contribution is 0.306. The Kier molecular flexibility index (Phi) is 7.27. The molecule has 0 amide bonds. The fourth-order valence-electron chi connectivity index (χ4n) is 2.53. The molecule has 0 aliphatic carbocycles. The number of ether oxygens (including phenoxy) is 1. The molecule has 3 rings (SSSR count). The summed E-state index contributed by atoms with van der Waals surface area (Å²) >= 11 is 1.47. The van der Waals surface area contributed by atoms with E-state index in [1.807, 2.05) is 73.7 Å². The van der Waals surface area contributed by atoms with Crippen molar-refractivity contribution in [3.05, 3.63) is 101 Å². The van der Waals surface area contributed by atoms with Crippen LogP contribution in [-0.4, -0.2) is 11.4 Å². The van der Waals surface area contributed by atoms with Gasteiger partial charge in [0.05, 0.1) is 6.21 Å². The molecule has 5 heteroatoms. The molecule has 0 bridgehead atoms. The van der Waals surface area contributed by atoms with Crippen molar-refractivity contribution in [2.45, 2.75) is 19.3 Å². The average molecular weight is 390 g/mol. The number of benzene rings is 3. The van der Waals surface area contributed by atoms with Crippen LogP contribution in [0.25, 0.3) is 0 Å². The molecular formula is C23H23N3OS.